The highest BCUT2D eigenvalue weighted by atomic mass is 32.1. The first kappa shape index (κ1) is 19.2. The third kappa shape index (κ3) is 3.37. The molecule has 2 aromatic carbocycles. The van der Waals surface area contributed by atoms with Gasteiger partial charge in [0.05, 0.1) is 11.9 Å². The molecule has 5 heteroatoms. The zero-order valence-electron chi connectivity index (χ0n) is 17.1. The lowest BCUT2D eigenvalue weighted by Crippen LogP contribution is -2.25. The van der Waals surface area contributed by atoms with Crippen molar-refractivity contribution in [3.8, 4) is 11.4 Å². The number of aromatic nitrogens is 2. The van der Waals surface area contributed by atoms with Crippen LogP contribution in [0.4, 0.5) is 4.39 Å². The van der Waals surface area contributed by atoms with E-state index in [4.69, 9.17) is 4.98 Å². The fourth-order valence-corrected chi connectivity index (χ4v) is 5.77. The van der Waals surface area contributed by atoms with E-state index < -0.39 is 0 Å². The quantitative estimate of drug-likeness (QED) is 0.425. The molecule has 0 spiro atoms. The number of thiophene rings is 1. The fourth-order valence-electron chi connectivity index (χ4n) is 4.39. The van der Waals surface area contributed by atoms with Gasteiger partial charge in [0.2, 0.25) is 0 Å². The van der Waals surface area contributed by atoms with Crippen molar-refractivity contribution in [1.29, 1.82) is 0 Å². The van der Waals surface area contributed by atoms with Crippen molar-refractivity contribution in [3.05, 3.63) is 86.3 Å². The standard InChI is InChI=1S/C25H23FN2OS/c1-15-5-3-7-18(11-15)23-27-24-22(20-10-9-16(2)12-21(20)30-24)25(29)28(23)14-17-6-4-8-19(26)13-17/h3-8,11,13,16H,9-10,12,14H2,1-2H3. The van der Waals surface area contributed by atoms with Crippen molar-refractivity contribution in [2.24, 2.45) is 5.92 Å². The van der Waals surface area contributed by atoms with Crippen LogP contribution in [-0.4, -0.2) is 9.55 Å². The fraction of sp³-hybridized carbons (Fsp3) is 0.280. The molecule has 2 heterocycles. The van der Waals surface area contributed by atoms with Gasteiger partial charge in [-0.2, -0.15) is 0 Å². The molecule has 0 fully saturated rings. The van der Waals surface area contributed by atoms with Crippen LogP contribution in [-0.2, 0) is 19.4 Å². The second-order valence-electron chi connectivity index (χ2n) is 8.36. The molecule has 3 nitrogen and oxygen atoms in total. The zero-order chi connectivity index (χ0) is 20.8. The maximum Gasteiger partial charge on any atom is 0.263 e. The summed E-state index contributed by atoms with van der Waals surface area (Å²) in [6.07, 6.45) is 3.04. The molecule has 0 radical (unpaired) electrons. The molecular formula is C25H23FN2OS. The molecule has 0 saturated carbocycles. The van der Waals surface area contributed by atoms with E-state index in [-0.39, 0.29) is 11.4 Å². The zero-order valence-corrected chi connectivity index (χ0v) is 17.9. The van der Waals surface area contributed by atoms with Crippen LogP contribution in [0, 0.1) is 18.7 Å². The minimum Gasteiger partial charge on any atom is -0.288 e. The molecule has 5 rings (SSSR count). The van der Waals surface area contributed by atoms with Crippen molar-refractivity contribution in [3.63, 3.8) is 0 Å². The van der Waals surface area contributed by atoms with Crippen molar-refractivity contribution < 1.29 is 4.39 Å². The minimum atomic E-state index is -0.298. The maximum absolute atomic E-state index is 13.8. The van der Waals surface area contributed by atoms with Crippen molar-refractivity contribution in [1.82, 2.24) is 9.55 Å². The molecular weight excluding hydrogens is 395 g/mol. The molecule has 1 unspecified atom stereocenters. The van der Waals surface area contributed by atoms with E-state index in [1.54, 1.807) is 22.0 Å². The number of halogens is 1. The van der Waals surface area contributed by atoms with Crippen molar-refractivity contribution >= 4 is 21.6 Å². The Morgan fingerprint density at radius 1 is 1.20 bits per heavy atom. The first-order chi connectivity index (χ1) is 14.5. The number of aryl methyl sites for hydroxylation is 2. The summed E-state index contributed by atoms with van der Waals surface area (Å²) in [5.41, 5.74) is 3.93. The Kier molecular flexibility index (Phi) is 4.78. The topological polar surface area (TPSA) is 34.9 Å². The Bertz CT molecular complexity index is 1320. The highest BCUT2D eigenvalue weighted by Gasteiger charge is 2.25. The van der Waals surface area contributed by atoms with Gasteiger partial charge in [-0.3, -0.25) is 9.36 Å². The molecule has 1 atom stereocenters. The normalized spacial score (nSPS) is 16.0. The molecule has 1 aliphatic carbocycles. The van der Waals surface area contributed by atoms with Crippen LogP contribution in [0.1, 0.15) is 34.9 Å². The van der Waals surface area contributed by atoms with E-state index in [1.165, 1.54) is 22.6 Å². The monoisotopic (exact) mass is 418 g/mol. The van der Waals surface area contributed by atoms with Gasteiger partial charge in [0.15, 0.2) is 0 Å². The summed E-state index contributed by atoms with van der Waals surface area (Å²) in [5.74, 6) is 0.983. The third-order valence-corrected chi connectivity index (χ3v) is 7.07. The summed E-state index contributed by atoms with van der Waals surface area (Å²) in [5, 5.41) is 0.759. The van der Waals surface area contributed by atoms with Gasteiger partial charge < -0.3 is 0 Å². The summed E-state index contributed by atoms with van der Waals surface area (Å²) in [7, 11) is 0. The van der Waals surface area contributed by atoms with Gasteiger partial charge >= 0.3 is 0 Å². The first-order valence-corrected chi connectivity index (χ1v) is 11.2. The van der Waals surface area contributed by atoms with Crippen LogP contribution >= 0.6 is 11.3 Å². The number of benzene rings is 2. The Hall–Kier alpha value is -2.79. The van der Waals surface area contributed by atoms with Gasteiger partial charge in [-0.15, -0.1) is 11.3 Å². The summed E-state index contributed by atoms with van der Waals surface area (Å²) < 4.78 is 15.5. The van der Waals surface area contributed by atoms with Crippen molar-refractivity contribution in [2.45, 2.75) is 39.7 Å². The van der Waals surface area contributed by atoms with Gasteiger partial charge in [0, 0.05) is 10.4 Å². The van der Waals surface area contributed by atoms with Crippen LogP contribution in [0.2, 0.25) is 0 Å². The molecule has 1 aliphatic rings. The van der Waals surface area contributed by atoms with E-state index in [0.29, 0.717) is 18.3 Å². The van der Waals surface area contributed by atoms with Crippen LogP contribution in [0.5, 0.6) is 0 Å². The molecule has 4 aromatic rings. The minimum absolute atomic E-state index is 0.0205. The molecule has 30 heavy (non-hydrogen) atoms. The van der Waals surface area contributed by atoms with Gasteiger partial charge in [-0.25, -0.2) is 9.37 Å². The van der Waals surface area contributed by atoms with Crippen LogP contribution in [0.3, 0.4) is 0 Å². The average Bonchev–Trinajstić information content (AvgIpc) is 3.07. The third-order valence-electron chi connectivity index (χ3n) is 5.92. The molecule has 2 aromatic heterocycles. The molecule has 0 amide bonds. The molecule has 0 N–H and O–H groups in total. The number of hydrogen-bond acceptors (Lipinski definition) is 3. The van der Waals surface area contributed by atoms with Crippen molar-refractivity contribution in [2.75, 3.05) is 0 Å². The average molecular weight is 419 g/mol. The highest BCUT2D eigenvalue weighted by Crippen LogP contribution is 2.36. The van der Waals surface area contributed by atoms with Crippen LogP contribution in [0.15, 0.2) is 53.3 Å². The van der Waals surface area contributed by atoms with Gasteiger partial charge in [-0.1, -0.05) is 42.8 Å². The number of rotatable bonds is 3. The Balaban J connectivity index is 1.77. The SMILES string of the molecule is Cc1cccc(-c2nc3sc4c(c3c(=O)n2Cc2cccc(F)c2)CCC(C)C4)c1. The summed E-state index contributed by atoms with van der Waals surface area (Å²) in [6.45, 7) is 4.59. The number of hydrogen-bond donors (Lipinski definition) is 0. The first-order valence-electron chi connectivity index (χ1n) is 10.4. The second-order valence-corrected chi connectivity index (χ2v) is 9.44. The lowest BCUT2D eigenvalue weighted by atomic mass is 9.89. The molecule has 0 aliphatic heterocycles. The van der Waals surface area contributed by atoms with E-state index in [2.05, 4.69) is 6.92 Å². The van der Waals surface area contributed by atoms with Gasteiger partial charge in [-0.05, 0) is 61.4 Å². The maximum atomic E-state index is 13.8. The van der Waals surface area contributed by atoms with Gasteiger partial charge in [0.1, 0.15) is 16.5 Å². The smallest absolute Gasteiger partial charge is 0.263 e. The summed E-state index contributed by atoms with van der Waals surface area (Å²) in [4.78, 5) is 20.9. The van der Waals surface area contributed by atoms with E-state index in [9.17, 15) is 9.18 Å². The van der Waals surface area contributed by atoms with Crippen LogP contribution in [0.25, 0.3) is 21.6 Å². The molecule has 0 bridgehead atoms. The van der Waals surface area contributed by atoms with Crippen LogP contribution < -0.4 is 5.56 Å². The lowest BCUT2D eigenvalue weighted by Gasteiger charge is -2.18. The van der Waals surface area contributed by atoms with E-state index in [0.717, 1.165) is 46.2 Å². The number of nitrogens with zero attached hydrogens (tertiary/aromatic N) is 2. The highest BCUT2D eigenvalue weighted by molar-refractivity contribution is 7.18. The lowest BCUT2D eigenvalue weighted by molar-refractivity contribution is 0.509. The Morgan fingerprint density at radius 3 is 2.83 bits per heavy atom. The second kappa shape index (κ2) is 7.47. The summed E-state index contributed by atoms with van der Waals surface area (Å²) >= 11 is 1.66. The molecule has 0 saturated heterocycles. The Morgan fingerprint density at radius 2 is 2.03 bits per heavy atom. The van der Waals surface area contributed by atoms with E-state index >= 15 is 0 Å². The Labute approximate surface area is 178 Å². The predicted molar refractivity (Wildman–Crippen MR) is 121 cm³/mol. The molecule has 152 valence electrons. The van der Waals surface area contributed by atoms with Gasteiger partial charge in [0.25, 0.3) is 5.56 Å². The summed E-state index contributed by atoms with van der Waals surface area (Å²) in [6, 6.07) is 14.5. The predicted octanol–water partition coefficient (Wildman–Crippen LogP) is 5.75. The number of fused-ring (bicyclic) bond motifs is 3. The van der Waals surface area contributed by atoms with E-state index in [1.807, 2.05) is 37.3 Å². The largest absolute Gasteiger partial charge is 0.288 e.